The van der Waals surface area contributed by atoms with Crippen LogP contribution in [-0.2, 0) is 5.54 Å². The zero-order valence-corrected chi connectivity index (χ0v) is 9.21. The smallest absolute Gasteiger partial charge is 0.163 e. The second kappa shape index (κ2) is 3.42. The molecule has 0 aromatic heterocycles. The van der Waals surface area contributed by atoms with Crippen molar-refractivity contribution in [1.82, 2.24) is 0 Å². The van der Waals surface area contributed by atoms with Crippen molar-refractivity contribution in [3.63, 3.8) is 0 Å². The number of rotatable bonds is 2. The van der Waals surface area contributed by atoms with Crippen LogP contribution < -0.4 is 10.5 Å². The van der Waals surface area contributed by atoms with Gasteiger partial charge in [-0.15, -0.1) is 0 Å². The molecule has 1 aliphatic carbocycles. The molecule has 3 heteroatoms. The van der Waals surface area contributed by atoms with E-state index in [2.05, 4.69) is 0 Å². The molecule has 0 spiro atoms. The molecule has 0 heterocycles. The minimum atomic E-state index is -0.342. The molecule has 3 N–H and O–H groups in total. The number of ether oxygens (including phenoxy) is 1. The van der Waals surface area contributed by atoms with Gasteiger partial charge in [0.25, 0.3) is 0 Å². The topological polar surface area (TPSA) is 55.5 Å². The molecule has 0 saturated heterocycles. The lowest BCUT2D eigenvalue weighted by Gasteiger charge is -2.39. The van der Waals surface area contributed by atoms with Gasteiger partial charge >= 0.3 is 0 Å². The molecule has 1 fully saturated rings. The fourth-order valence-corrected chi connectivity index (χ4v) is 2.16. The van der Waals surface area contributed by atoms with Crippen LogP contribution in [0.15, 0.2) is 12.1 Å². The predicted molar refractivity (Wildman–Crippen MR) is 59.1 cm³/mol. The maximum Gasteiger partial charge on any atom is 0.163 e. The van der Waals surface area contributed by atoms with E-state index in [1.165, 1.54) is 0 Å². The minimum absolute atomic E-state index is 0.208. The summed E-state index contributed by atoms with van der Waals surface area (Å²) in [5.41, 5.74) is 7.59. The molecule has 0 radical (unpaired) electrons. The van der Waals surface area contributed by atoms with Gasteiger partial charge < -0.3 is 15.6 Å². The molecule has 82 valence electrons. The van der Waals surface area contributed by atoms with Crippen LogP contribution in [0.2, 0.25) is 0 Å². The van der Waals surface area contributed by atoms with Crippen molar-refractivity contribution in [2.75, 3.05) is 7.11 Å². The molecule has 1 aromatic carbocycles. The van der Waals surface area contributed by atoms with E-state index in [0.717, 1.165) is 30.4 Å². The third-order valence-corrected chi connectivity index (χ3v) is 3.31. The second-order valence-electron chi connectivity index (χ2n) is 4.32. The van der Waals surface area contributed by atoms with Crippen molar-refractivity contribution < 1.29 is 9.84 Å². The zero-order chi connectivity index (χ0) is 11.1. The number of aryl methyl sites for hydroxylation is 1. The maximum atomic E-state index is 10.1. The number of benzene rings is 1. The fraction of sp³-hybridized carbons (Fsp3) is 0.500. The summed E-state index contributed by atoms with van der Waals surface area (Å²) in [4.78, 5) is 0. The van der Waals surface area contributed by atoms with E-state index >= 15 is 0 Å². The van der Waals surface area contributed by atoms with Gasteiger partial charge in [-0.2, -0.15) is 0 Å². The normalized spacial score (nSPS) is 18.3. The molecule has 1 aromatic rings. The van der Waals surface area contributed by atoms with Gasteiger partial charge in [-0.1, -0.05) is 12.1 Å². The van der Waals surface area contributed by atoms with Crippen LogP contribution in [0.5, 0.6) is 11.5 Å². The van der Waals surface area contributed by atoms with Crippen molar-refractivity contribution in [1.29, 1.82) is 0 Å². The Labute approximate surface area is 89.9 Å². The van der Waals surface area contributed by atoms with Gasteiger partial charge in [0.1, 0.15) is 0 Å². The Balaban J connectivity index is 2.49. The second-order valence-corrected chi connectivity index (χ2v) is 4.32. The molecule has 1 aliphatic rings. The summed E-state index contributed by atoms with van der Waals surface area (Å²) in [5.74, 6) is 0.754. The van der Waals surface area contributed by atoms with Crippen LogP contribution in [0.1, 0.15) is 30.4 Å². The molecule has 3 nitrogen and oxygen atoms in total. The highest BCUT2D eigenvalue weighted by Gasteiger charge is 2.37. The number of phenolic OH excluding ortho intramolecular Hbond substituents is 1. The minimum Gasteiger partial charge on any atom is -0.504 e. The summed E-state index contributed by atoms with van der Waals surface area (Å²) in [6, 6.07) is 3.85. The molecular weight excluding hydrogens is 190 g/mol. The Hall–Kier alpha value is -1.22. The molecule has 0 unspecified atom stereocenters. The van der Waals surface area contributed by atoms with E-state index in [4.69, 9.17) is 10.5 Å². The first-order valence-electron chi connectivity index (χ1n) is 5.24. The summed E-state index contributed by atoms with van der Waals surface area (Å²) in [6.07, 6.45) is 3.01. The number of hydrogen-bond donors (Lipinski definition) is 2. The first-order valence-corrected chi connectivity index (χ1v) is 5.24. The highest BCUT2D eigenvalue weighted by molar-refractivity contribution is 5.53. The highest BCUT2D eigenvalue weighted by atomic mass is 16.5. The van der Waals surface area contributed by atoms with E-state index in [9.17, 15) is 5.11 Å². The van der Waals surface area contributed by atoms with Gasteiger partial charge in [0.15, 0.2) is 11.5 Å². The number of hydrogen-bond acceptors (Lipinski definition) is 3. The van der Waals surface area contributed by atoms with Gasteiger partial charge in [0, 0.05) is 11.1 Å². The third-order valence-electron chi connectivity index (χ3n) is 3.31. The molecule has 0 amide bonds. The molecule has 15 heavy (non-hydrogen) atoms. The Bertz CT molecular complexity index is 383. The van der Waals surface area contributed by atoms with Crippen molar-refractivity contribution in [3.8, 4) is 11.5 Å². The Morgan fingerprint density at radius 2 is 2.07 bits per heavy atom. The number of methoxy groups -OCH3 is 1. The summed E-state index contributed by atoms with van der Waals surface area (Å²) >= 11 is 0. The summed E-state index contributed by atoms with van der Waals surface area (Å²) in [6.45, 7) is 1.91. The molecule has 0 bridgehead atoms. The van der Waals surface area contributed by atoms with Gasteiger partial charge in [0.2, 0.25) is 0 Å². The lowest BCUT2D eigenvalue weighted by atomic mass is 9.72. The van der Waals surface area contributed by atoms with Gasteiger partial charge in [-0.05, 0) is 31.7 Å². The van der Waals surface area contributed by atoms with Crippen LogP contribution in [0.4, 0.5) is 0 Å². The van der Waals surface area contributed by atoms with Crippen molar-refractivity contribution in [3.05, 3.63) is 23.3 Å². The van der Waals surface area contributed by atoms with Gasteiger partial charge in [-0.25, -0.2) is 0 Å². The van der Waals surface area contributed by atoms with E-state index in [1.807, 2.05) is 19.1 Å². The first-order chi connectivity index (χ1) is 7.08. The Kier molecular flexibility index (Phi) is 2.35. The molecular formula is C12H17NO2. The third kappa shape index (κ3) is 1.47. The lowest BCUT2D eigenvalue weighted by molar-refractivity contribution is 0.242. The molecule has 2 rings (SSSR count). The van der Waals surface area contributed by atoms with E-state index in [-0.39, 0.29) is 11.3 Å². The van der Waals surface area contributed by atoms with Crippen LogP contribution in [0.3, 0.4) is 0 Å². The quantitative estimate of drug-likeness (QED) is 0.780. The molecule has 0 atom stereocenters. The number of phenols is 1. The van der Waals surface area contributed by atoms with Crippen molar-refractivity contribution >= 4 is 0 Å². The largest absolute Gasteiger partial charge is 0.504 e. The van der Waals surface area contributed by atoms with E-state index in [1.54, 1.807) is 7.11 Å². The van der Waals surface area contributed by atoms with Crippen LogP contribution in [-0.4, -0.2) is 12.2 Å². The van der Waals surface area contributed by atoms with E-state index in [0.29, 0.717) is 5.75 Å². The SMILES string of the molecule is COc1c(C)ccc(C2(N)CCC2)c1O. The van der Waals surface area contributed by atoms with Crippen LogP contribution in [0.25, 0.3) is 0 Å². The van der Waals surface area contributed by atoms with Crippen molar-refractivity contribution in [2.45, 2.75) is 31.7 Å². The summed E-state index contributed by atoms with van der Waals surface area (Å²) < 4.78 is 5.17. The molecule has 1 saturated carbocycles. The predicted octanol–water partition coefficient (Wildman–Crippen LogP) is 2.05. The van der Waals surface area contributed by atoms with Crippen LogP contribution >= 0.6 is 0 Å². The van der Waals surface area contributed by atoms with Gasteiger partial charge in [-0.3, -0.25) is 0 Å². The maximum absolute atomic E-state index is 10.1. The summed E-state index contributed by atoms with van der Waals surface area (Å²) in [5, 5.41) is 10.1. The summed E-state index contributed by atoms with van der Waals surface area (Å²) in [7, 11) is 1.57. The average molecular weight is 207 g/mol. The highest BCUT2D eigenvalue weighted by Crippen LogP contribution is 2.46. The van der Waals surface area contributed by atoms with Gasteiger partial charge in [0.05, 0.1) is 7.11 Å². The monoisotopic (exact) mass is 207 g/mol. The number of aromatic hydroxyl groups is 1. The standard InChI is InChI=1S/C12H17NO2/c1-8-4-5-9(10(14)11(8)15-2)12(13)6-3-7-12/h4-5,14H,3,6-7,13H2,1-2H3. The lowest BCUT2D eigenvalue weighted by Crippen LogP contribution is -2.43. The van der Waals surface area contributed by atoms with Crippen molar-refractivity contribution in [2.24, 2.45) is 5.73 Å². The Morgan fingerprint density at radius 3 is 2.53 bits per heavy atom. The van der Waals surface area contributed by atoms with E-state index < -0.39 is 0 Å². The fourth-order valence-electron chi connectivity index (χ4n) is 2.16. The number of nitrogens with two attached hydrogens (primary N) is 1. The zero-order valence-electron chi connectivity index (χ0n) is 9.21. The average Bonchev–Trinajstić information content (AvgIpc) is 2.15. The Morgan fingerprint density at radius 1 is 1.40 bits per heavy atom. The first kappa shape index (κ1) is 10.3. The molecule has 0 aliphatic heterocycles. The van der Waals surface area contributed by atoms with Crippen LogP contribution in [0, 0.1) is 6.92 Å².